The average Bonchev–Trinajstić information content (AvgIpc) is 2.41. The summed E-state index contributed by atoms with van der Waals surface area (Å²) in [6, 6.07) is 9.24. The summed E-state index contributed by atoms with van der Waals surface area (Å²) in [6.07, 6.45) is 1.83. The number of hydrogen-bond acceptors (Lipinski definition) is 4. The van der Waals surface area contributed by atoms with Crippen LogP contribution in [0.15, 0.2) is 34.9 Å². The van der Waals surface area contributed by atoms with Crippen molar-refractivity contribution in [2.45, 2.75) is 26.7 Å². The first-order valence-electron chi connectivity index (χ1n) is 6.65. The zero-order valence-electron chi connectivity index (χ0n) is 11.6. The van der Waals surface area contributed by atoms with Gasteiger partial charge >= 0.3 is 0 Å². The summed E-state index contributed by atoms with van der Waals surface area (Å²) >= 11 is 3.38. The third-order valence-corrected chi connectivity index (χ3v) is 2.95. The number of rotatable bonds is 6. The van der Waals surface area contributed by atoms with Gasteiger partial charge in [0.15, 0.2) is 0 Å². The van der Waals surface area contributed by atoms with Crippen molar-refractivity contribution in [2.24, 2.45) is 0 Å². The molecule has 0 bridgehead atoms. The van der Waals surface area contributed by atoms with E-state index in [2.05, 4.69) is 32.8 Å². The molecule has 0 atom stereocenters. The SMILES string of the molecule is CCCc1nc(Br)cc(Oc2ccc(OCC)cc2)n1. The molecule has 0 amide bonds. The maximum atomic E-state index is 5.74. The fourth-order valence-electron chi connectivity index (χ4n) is 1.72. The quantitative estimate of drug-likeness (QED) is 0.734. The lowest BCUT2D eigenvalue weighted by Crippen LogP contribution is -1.98. The third-order valence-electron chi connectivity index (χ3n) is 2.55. The van der Waals surface area contributed by atoms with E-state index in [1.807, 2.05) is 31.2 Å². The lowest BCUT2D eigenvalue weighted by molar-refractivity contribution is 0.339. The molecule has 4 nitrogen and oxygen atoms in total. The number of hydrogen-bond donors (Lipinski definition) is 0. The van der Waals surface area contributed by atoms with Crippen molar-refractivity contribution < 1.29 is 9.47 Å². The van der Waals surface area contributed by atoms with E-state index in [0.29, 0.717) is 12.5 Å². The Morgan fingerprint density at radius 2 is 1.75 bits per heavy atom. The summed E-state index contributed by atoms with van der Waals surface area (Å²) in [5.74, 6) is 2.87. The van der Waals surface area contributed by atoms with Crippen molar-refractivity contribution in [3.05, 3.63) is 40.8 Å². The van der Waals surface area contributed by atoms with Gasteiger partial charge in [-0.05, 0) is 53.5 Å². The topological polar surface area (TPSA) is 44.2 Å². The first-order chi connectivity index (χ1) is 9.71. The Bertz CT molecular complexity index is 558. The molecule has 0 aliphatic carbocycles. The Hall–Kier alpha value is -1.62. The van der Waals surface area contributed by atoms with Crippen molar-refractivity contribution in [3.8, 4) is 17.4 Å². The minimum Gasteiger partial charge on any atom is -0.494 e. The smallest absolute Gasteiger partial charge is 0.223 e. The first kappa shape index (κ1) is 14.8. The van der Waals surface area contributed by atoms with Gasteiger partial charge < -0.3 is 9.47 Å². The van der Waals surface area contributed by atoms with Crippen LogP contribution in [0.4, 0.5) is 0 Å². The van der Waals surface area contributed by atoms with Crippen LogP contribution in [0.2, 0.25) is 0 Å². The summed E-state index contributed by atoms with van der Waals surface area (Å²) < 4.78 is 11.9. The molecule has 2 aromatic rings. The summed E-state index contributed by atoms with van der Waals surface area (Å²) in [5.41, 5.74) is 0. The monoisotopic (exact) mass is 336 g/mol. The Morgan fingerprint density at radius 1 is 1.05 bits per heavy atom. The molecule has 0 aliphatic heterocycles. The molecular formula is C15H17BrN2O2. The van der Waals surface area contributed by atoms with E-state index >= 15 is 0 Å². The van der Waals surface area contributed by atoms with Gasteiger partial charge in [0.05, 0.1) is 6.61 Å². The van der Waals surface area contributed by atoms with Crippen molar-refractivity contribution in [1.82, 2.24) is 9.97 Å². The molecule has 0 saturated carbocycles. The van der Waals surface area contributed by atoms with Crippen LogP contribution in [-0.4, -0.2) is 16.6 Å². The maximum Gasteiger partial charge on any atom is 0.223 e. The predicted octanol–water partition coefficient (Wildman–Crippen LogP) is 4.38. The van der Waals surface area contributed by atoms with Gasteiger partial charge in [-0.2, -0.15) is 4.98 Å². The lowest BCUT2D eigenvalue weighted by atomic mass is 10.3. The minimum atomic E-state index is 0.541. The van der Waals surface area contributed by atoms with Crippen molar-refractivity contribution >= 4 is 15.9 Å². The summed E-state index contributed by atoms with van der Waals surface area (Å²) in [6.45, 7) is 4.70. The van der Waals surface area contributed by atoms with Gasteiger partial charge in [0, 0.05) is 12.5 Å². The van der Waals surface area contributed by atoms with Crippen LogP contribution in [0.3, 0.4) is 0 Å². The van der Waals surface area contributed by atoms with Crippen LogP contribution in [-0.2, 0) is 6.42 Å². The normalized spacial score (nSPS) is 10.3. The number of aryl methyl sites for hydroxylation is 1. The highest BCUT2D eigenvalue weighted by atomic mass is 79.9. The highest BCUT2D eigenvalue weighted by Gasteiger charge is 2.05. The number of benzene rings is 1. The summed E-state index contributed by atoms with van der Waals surface area (Å²) in [4.78, 5) is 8.69. The van der Waals surface area contributed by atoms with E-state index in [-0.39, 0.29) is 0 Å². The fraction of sp³-hybridized carbons (Fsp3) is 0.333. The molecule has 0 saturated heterocycles. The number of aromatic nitrogens is 2. The highest BCUT2D eigenvalue weighted by molar-refractivity contribution is 9.10. The van der Waals surface area contributed by atoms with E-state index in [9.17, 15) is 0 Å². The summed E-state index contributed by atoms with van der Waals surface area (Å²) in [7, 11) is 0. The highest BCUT2D eigenvalue weighted by Crippen LogP contribution is 2.24. The average molecular weight is 337 g/mol. The second kappa shape index (κ2) is 7.24. The molecule has 2 rings (SSSR count). The molecule has 0 fully saturated rings. The van der Waals surface area contributed by atoms with Crippen molar-refractivity contribution in [1.29, 1.82) is 0 Å². The Balaban J connectivity index is 2.12. The second-order valence-electron chi connectivity index (χ2n) is 4.20. The molecule has 1 aromatic heterocycles. The molecule has 20 heavy (non-hydrogen) atoms. The van der Waals surface area contributed by atoms with Crippen LogP contribution in [0.1, 0.15) is 26.1 Å². The molecule has 1 aromatic carbocycles. The molecule has 5 heteroatoms. The van der Waals surface area contributed by atoms with Crippen LogP contribution < -0.4 is 9.47 Å². The standard InChI is InChI=1S/C15H17BrN2O2/c1-3-5-14-17-13(16)10-15(18-14)20-12-8-6-11(7-9-12)19-4-2/h6-10H,3-5H2,1-2H3. The van der Waals surface area contributed by atoms with Gasteiger partial charge in [-0.1, -0.05) is 6.92 Å². The molecule has 0 spiro atoms. The first-order valence-corrected chi connectivity index (χ1v) is 7.44. The fourth-order valence-corrected chi connectivity index (χ4v) is 2.12. The van der Waals surface area contributed by atoms with Gasteiger partial charge in [0.2, 0.25) is 5.88 Å². The molecule has 1 heterocycles. The Kier molecular flexibility index (Phi) is 5.35. The number of nitrogens with zero attached hydrogens (tertiary/aromatic N) is 2. The molecule has 106 valence electrons. The van der Waals surface area contributed by atoms with E-state index in [0.717, 1.165) is 34.8 Å². The van der Waals surface area contributed by atoms with E-state index < -0.39 is 0 Å². The predicted molar refractivity (Wildman–Crippen MR) is 81.4 cm³/mol. The lowest BCUT2D eigenvalue weighted by Gasteiger charge is -2.08. The van der Waals surface area contributed by atoms with Crippen LogP contribution in [0.25, 0.3) is 0 Å². The van der Waals surface area contributed by atoms with E-state index in [1.54, 1.807) is 6.07 Å². The molecule has 0 unspecified atom stereocenters. The van der Waals surface area contributed by atoms with Crippen molar-refractivity contribution in [3.63, 3.8) is 0 Å². The number of ether oxygens (including phenoxy) is 2. The third kappa shape index (κ3) is 4.20. The maximum absolute atomic E-state index is 5.74. The number of halogens is 1. The summed E-state index contributed by atoms with van der Waals surface area (Å²) in [5, 5.41) is 0. The zero-order valence-corrected chi connectivity index (χ0v) is 13.2. The van der Waals surface area contributed by atoms with Crippen molar-refractivity contribution in [2.75, 3.05) is 6.61 Å². The minimum absolute atomic E-state index is 0.541. The molecular weight excluding hydrogens is 320 g/mol. The van der Waals surface area contributed by atoms with Gasteiger partial charge in [-0.25, -0.2) is 4.98 Å². The van der Waals surface area contributed by atoms with Gasteiger partial charge in [-0.3, -0.25) is 0 Å². The van der Waals surface area contributed by atoms with Crippen LogP contribution >= 0.6 is 15.9 Å². The van der Waals surface area contributed by atoms with Crippen LogP contribution in [0.5, 0.6) is 17.4 Å². The van der Waals surface area contributed by atoms with E-state index in [4.69, 9.17) is 9.47 Å². The van der Waals surface area contributed by atoms with E-state index in [1.165, 1.54) is 0 Å². The molecule has 0 aliphatic rings. The zero-order chi connectivity index (χ0) is 14.4. The Morgan fingerprint density at radius 3 is 2.40 bits per heavy atom. The van der Waals surface area contributed by atoms with Gasteiger partial charge in [0.1, 0.15) is 21.9 Å². The molecule has 0 N–H and O–H groups in total. The largest absolute Gasteiger partial charge is 0.494 e. The molecule has 0 radical (unpaired) electrons. The van der Waals surface area contributed by atoms with Gasteiger partial charge in [0.25, 0.3) is 0 Å². The Labute approximate surface area is 127 Å². The van der Waals surface area contributed by atoms with Crippen LogP contribution in [0, 0.1) is 0 Å². The van der Waals surface area contributed by atoms with Gasteiger partial charge in [-0.15, -0.1) is 0 Å². The second-order valence-corrected chi connectivity index (χ2v) is 5.01.